The maximum absolute atomic E-state index is 14.9. The number of aryl methyl sites for hydroxylation is 1. The van der Waals surface area contributed by atoms with Gasteiger partial charge in [0, 0.05) is 24.2 Å². The summed E-state index contributed by atoms with van der Waals surface area (Å²) in [6.07, 6.45) is -3.27. The summed E-state index contributed by atoms with van der Waals surface area (Å²) in [4.78, 5) is 38.8. The van der Waals surface area contributed by atoms with Crippen molar-refractivity contribution in [2.45, 2.75) is 19.9 Å². The van der Waals surface area contributed by atoms with Gasteiger partial charge in [0.25, 0.3) is 5.91 Å². The van der Waals surface area contributed by atoms with Crippen LogP contribution < -0.4 is 10.2 Å². The predicted octanol–water partition coefficient (Wildman–Crippen LogP) is 3.30. The molecule has 1 aliphatic heterocycles. The zero-order valence-corrected chi connectivity index (χ0v) is 18.3. The van der Waals surface area contributed by atoms with Gasteiger partial charge < -0.3 is 15.0 Å². The third-order valence-corrected chi connectivity index (χ3v) is 5.23. The summed E-state index contributed by atoms with van der Waals surface area (Å²) in [5.74, 6) is -3.88. The molecule has 11 heteroatoms. The van der Waals surface area contributed by atoms with E-state index in [0.717, 1.165) is 11.0 Å². The number of anilines is 1. The van der Waals surface area contributed by atoms with Gasteiger partial charge in [-0.3, -0.25) is 14.5 Å². The van der Waals surface area contributed by atoms with E-state index in [1.165, 1.54) is 29.2 Å². The molecule has 1 N–H and O–H groups in total. The van der Waals surface area contributed by atoms with E-state index in [4.69, 9.17) is 4.74 Å². The first-order chi connectivity index (χ1) is 16.2. The molecular weight excluding hydrogens is 458 g/mol. The first kappa shape index (κ1) is 25.2. The van der Waals surface area contributed by atoms with Crippen LogP contribution in [0.1, 0.15) is 21.5 Å². The lowest BCUT2D eigenvalue weighted by atomic mass is 10.1. The van der Waals surface area contributed by atoms with E-state index in [0.29, 0.717) is 31.9 Å². The van der Waals surface area contributed by atoms with Gasteiger partial charge in [-0.1, -0.05) is 18.2 Å². The van der Waals surface area contributed by atoms with Crippen molar-refractivity contribution in [3.63, 3.8) is 0 Å². The Hall–Kier alpha value is -3.47. The second-order valence-corrected chi connectivity index (χ2v) is 7.67. The van der Waals surface area contributed by atoms with E-state index in [1.54, 1.807) is 18.3 Å². The molecule has 3 amide bonds. The van der Waals surface area contributed by atoms with Crippen molar-refractivity contribution in [2.24, 2.45) is 0 Å². The molecule has 182 valence electrons. The van der Waals surface area contributed by atoms with Gasteiger partial charge in [0.1, 0.15) is 11.6 Å². The number of halogens is 4. The van der Waals surface area contributed by atoms with Crippen LogP contribution in [0.4, 0.5) is 28.0 Å². The molecule has 2 aromatic rings. The SMILES string of the molecule is Cc1ccc(N(Cc2ccc(C(=O)CNC(=O)C(F)F)cc2F)C(=O)N2CCOCC2)c(F)c1. The van der Waals surface area contributed by atoms with Gasteiger partial charge in [0.2, 0.25) is 0 Å². The summed E-state index contributed by atoms with van der Waals surface area (Å²) >= 11 is 0. The number of hydrogen-bond acceptors (Lipinski definition) is 4. The number of urea groups is 1. The van der Waals surface area contributed by atoms with Gasteiger partial charge in [-0.25, -0.2) is 13.6 Å². The highest BCUT2D eigenvalue weighted by Crippen LogP contribution is 2.25. The standard InChI is InChI=1S/C23H23F4N3O4/c1-14-2-5-19(18(25)10-14)30(23(33)29-6-8-34-9-7-29)13-16-4-3-15(11-17(16)24)20(31)12-28-22(32)21(26)27/h2-5,10-11,21H,6-9,12-13H2,1H3,(H,28,32). The van der Waals surface area contributed by atoms with Crippen molar-refractivity contribution in [2.75, 3.05) is 37.7 Å². The highest BCUT2D eigenvalue weighted by molar-refractivity contribution is 5.99. The predicted molar refractivity (Wildman–Crippen MR) is 115 cm³/mol. The number of carbonyl (C=O) groups is 3. The normalized spacial score (nSPS) is 13.6. The van der Waals surface area contributed by atoms with Crippen molar-refractivity contribution in [3.05, 3.63) is 64.7 Å². The minimum atomic E-state index is -3.27. The smallest absolute Gasteiger partial charge is 0.325 e. The summed E-state index contributed by atoms with van der Waals surface area (Å²) in [6.45, 7) is 1.88. The number of morpholine rings is 1. The van der Waals surface area contributed by atoms with Crippen molar-refractivity contribution in [3.8, 4) is 0 Å². The summed E-state index contributed by atoms with van der Waals surface area (Å²) in [5.41, 5.74) is 0.475. The number of benzene rings is 2. The molecule has 1 heterocycles. The van der Waals surface area contributed by atoms with Gasteiger partial charge in [-0.05, 0) is 30.7 Å². The molecule has 7 nitrogen and oxygen atoms in total. The summed E-state index contributed by atoms with van der Waals surface area (Å²) in [6, 6.07) is 7.19. The van der Waals surface area contributed by atoms with Crippen LogP contribution in [0, 0.1) is 18.6 Å². The third kappa shape index (κ3) is 6.10. The maximum Gasteiger partial charge on any atom is 0.325 e. The molecular formula is C23H23F4N3O4. The molecule has 1 fully saturated rings. The Morgan fingerprint density at radius 2 is 1.76 bits per heavy atom. The summed E-state index contributed by atoms with van der Waals surface area (Å²) < 4.78 is 59.4. The lowest BCUT2D eigenvalue weighted by Gasteiger charge is -2.33. The van der Waals surface area contributed by atoms with Gasteiger partial charge in [-0.15, -0.1) is 0 Å². The molecule has 34 heavy (non-hydrogen) atoms. The van der Waals surface area contributed by atoms with Crippen LogP contribution in [0.25, 0.3) is 0 Å². The average Bonchev–Trinajstić information content (AvgIpc) is 2.82. The Labute approximate surface area is 193 Å². The van der Waals surface area contributed by atoms with Crippen LogP contribution in [-0.2, 0) is 16.1 Å². The van der Waals surface area contributed by atoms with E-state index in [9.17, 15) is 31.9 Å². The molecule has 1 aliphatic rings. The molecule has 0 radical (unpaired) electrons. The van der Waals surface area contributed by atoms with Crippen LogP contribution in [-0.4, -0.2) is 61.9 Å². The minimum Gasteiger partial charge on any atom is -0.378 e. The van der Waals surface area contributed by atoms with E-state index >= 15 is 0 Å². The molecule has 1 saturated heterocycles. The number of Topliss-reactive ketones (excluding diaryl/α,β-unsaturated/α-hetero) is 1. The Morgan fingerprint density at radius 1 is 1.06 bits per heavy atom. The molecule has 0 saturated carbocycles. The van der Waals surface area contributed by atoms with E-state index in [1.807, 2.05) is 0 Å². The van der Waals surface area contributed by atoms with Crippen molar-refractivity contribution < 1.29 is 36.7 Å². The number of hydrogen-bond donors (Lipinski definition) is 1. The van der Waals surface area contributed by atoms with Crippen LogP contribution in [0.5, 0.6) is 0 Å². The Morgan fingerprint density at radius 3 is 2.38 bits per heavy atom. The molecule has 0 aliphatic carbocycles. The van der Waals surface area contributed by atoms with E-state index in [2.05, 4.69) is 0 Å². The Kier molecular flexibility index (Phi) is 8.21. The first-order valence-corrected chi connectivity index (χ1v) is 10.4. The minimum absolute atomic E-state index is 0.00903. The van der Waals surface area contributed by atoms with Crippen molar-refractivity contribution >= 4 is 23.4 Å². The summed E-state index contributed by atoms with van der Waals surface area (Å²) in [7, 11) is 0. The summed E-state index contributed by atoms with van der Waals surface area (Å²) in [5, 5.41) is 1.76. The number of carbonyl (C=O) groups excluding carboxylic acids is 3. The molecule has 0 bridgehead atoms. The second-order valence-electron chi connectivity index (χ2n) is 7.67. The Balaban J connectivity index is 1.83. The van der Waals surface area contributed by atoms with Gasteiger partial charge in [0.15, 0.2) is 5.78 Å². The van der Waals surface area contributed by atoms with Gasteiger partial charge in [0.05, 0.1) is 32.0 Å². The molecule has 0 atom stereocenters. The fraction of sp³-hybridized carbons (Fsp3) is 0.348. The highest BCUT2D eigenvalue weighted by Gasteiger charge is 2.27. The van der Waals surface area contributed by atoms with Crippen molar-refractivity contribution in [1.29, 1.82) is 0 Å². The quantitative estimate of drug-likeness (QED) is 0.486. The highest BCUT2D eigenvalue weighted by atomic mass is 19.3. The molecule has 0 aromatic heterocycles. The first-order valence-electron chi connectivity index (χ1n) is 10.4. The number of amides is 3. The van der Waals surface area contributed by atoms with Crippen LogP contribution >= 0.6 is 0 Å². The molecule has 2 aromatic carbocycles. The number of nitrogens with zero attached hydrogens (tertiary/aromatic N) is 2. The fourth-order valence-corrected chi connectivity index (χ4v) is 3.38. The topological polar surface area (TPSA) is 79.0 Å². The monoisotopic (exact) mass is 481 g/mol. The average molecular weight is 481 g/mol. The van der Waals surface area contributed by atoms with Crippen molar-refractivity contribution in [1.82, 2.24) is 10.2 Å². The van der Waals surface area contributed by atoms with Gasteiger partial charge in [-0.2, -0.15) is 8.78 Å². The largest absolute Gasteiger partial charge is 0.378 e. The number of ketones is 1. The van der Waals surface area contributed by atoms with Gasteiger partial charge >= 0.3 is 12.5 Å². The second kappa shape index (κ2) is 11.1. The molecule has 0 spiro atoms. The van der Waals surface area contributed by atoms with E-state index < -0.39 is 42.3 Å². The van der Waals surface area contributed by atoms with Crippen LogP contribution in [0.3, 0.4) is 0 Å². The number of nitrogens with one attached hydrogen (secondary N) is 1. The number of ether oxygens (including phenoxy) is 1. The molecule has 0 unspecified atom stereocenters. The zero-order chi connectivity index (χ0) is 24.8. The Bertz CT molecular complexity index is 1070. The zero-order valence-electron chi connectivity index (χ0n) is 18.3. The fourth-order valence-electron chi connectivity index (χ4n) is 3.38. The van der Waals surface area contributed by atoms with Crippen LogP contribution in [0.2, 0.25) is 0 Å². The molecule has 3 rings (SSSR count). The third-order valence-electron chi connectivity index (χ3n) is 5.23. The number of alkyl halides is 2. The van der Waals surface area contributed by atoms with E-state index in [-0.39, 0.29) is 23.4 Å². The maximum atomic E-state index is 14.9. The van der Waals surface area contributed by atoms with Crippen LogP contribution in [0.15, 0.2) is 36.4 Å². The number of rotatable bonds is 7. The lowest BCUT2D eigenvalue weighted by Crippen LogP contribution is -2.48. The lowest BCUT2D eigenvalue weighted by molar-refractivity contribution is -0.131.